The van der Waals surface area contributed by atoms with E-state index in [1.165, 1.54) is 4.90 Å². The molecule has 1 aromatic carbocycles. The van der Waals surface area contributed by atoms with Crippen LogP contribution in [0.1, 0.15) is 25.3 Å². The first kappa shape index (κ1) is 21.0. The van der Waals surface area contributed by atoms with E-state index < -0.39 is 0 Å². The minimum Gasteiger partial charge on any atom is -0.489 e. The summed E-state index contributed by atoms with van der Waals surface area (Å²) < 4.78 is 11.6. The molecule has 0 aliphatic carbocycles. The number of guanidine groups is 1. The molecule has 1 heterocycles. The molecule has 1 saturated heterocycles. The van der Waals surface area contributed by atoms with Gasteiger partial charge in [-0.3, -0.25) is 4.79 Å². The van der Waals surface area contributed by atoms with Crippen LogP contribution in [0.15, 0.2) is 29.3 Å². The first-order valence-corrected chi connectivity index (χ1v) is 9.52. The van der Waals surface area contributed by atoms with Gasteiger partial charge in [0.25, 0.3) is 0 Å². The van der Waals surface area contributed by atoms with E-state index in [4.69, 9.17) is 9.47 Å². The van der Waals surface area contributed by atoms with Crippen LogP contribution >= 0.6 is 0 Å². The number of aliphatic imine (C=N–C) groups is 1. The van der Waals surface area contributed by atoms with Gasteiger partial charge < -0.3 is 25.0 Å². The number of aryl methyl sites for hydroxylation is 1. The second-order valence-corrected chi connectivity index (χ2v) is 7.04. The normalized spacial score (nSPS) is 18.1. The lowest BCUT2D eigenvalue weighted by Gasteiger charge is -2.20. The summed E-state index contributed by atoms with van der Waals surface area (Å²) in [5.74, 6) is 1.43. The Morgan fingerprint density at radius 2 is 2.15 bits per heavy atom. The van der Waals surface area contributed by atoms with Gasteiger partial charge in [-0.2, -0.15) is 0 Å². The number of hydrogen-bond acceptors (Lipinski definition) is 4. The number of likely N-dealkylation sites (N-methyl/N-ethyl adjacent to an activating group) is 1. The third kappa shape index (κ3) is 7.46. The van der Waals surface area contributed by atoms with E-state index in [0.717, 1.165) is 30.8 Å². The Balaban J connectivity index is 1.88. The van der Waals surface area contributed by atoms with Crippen molar-refractivity contribution in [2.24, 2.45) is 4.99 Å². The maximum Gasteiger partial charge on any atom is 0.243 e. The number of rotatable bonds is 8. The van der Waals surface area contributed by atoms with Gasteiger partial charge in [0.05, 0.1) is 12.6 Å². The molecule has 2 unspecified atom stereocenters. The molecule has 1 aliphatic rings. The van der Waals surface area contributed by atoms with Crippen LogP contribution in [0, 0.1) is 6.92 Å². The van der Waals surface area contributed by atoms with Crippen LogP contribution in [-0.2, 0) is 9.53 Å². The standard InChI is InChI=1S/C20H32N4O3/c1-15-8-5-6-10-18(15)27-16(2)12-21-20(23-14-19(25)24(3)4)22-13-17-9-7-11-26-17/h5-6,8,10,16-17H,7,9,11-14H2,1-4H3,(H2,21,22,23). The van der Waals surface area contributed by atoms with Gasteiger partial charge in [-0.1, -0.05) is 18.2 Å². The maximum absolute atomic E-state index is 11.8. The van der Waals surface area contributed by atoms with Crippen molar-refractivity contribution in [2.45, 2.75) is 38.9 Å². The number of hydrogen-bond donors (Lipinski definition) is 2. The molecule has 1 amide bonds. The Hall–Kier alpha value is -2.28. The van der Waals surface area contributed by atoms with Gasteiger partial charge in [0.1, 0.15) is 18.4 Å². The van der Waals surface area contributed by atoms with E-state index in [1.54, 1.807) is 14.1 Å². The maximum atomic E-state index is 11.8. The highest BCUT2D eigenvalue weighted by atomic mass is 16.5. The van der Waals surface area contributed by atoms with Gasteiger partial charge in [0.15, 0.2) is 5.96 Å². The van der Waals surface area contributed by atoms with Crippen LogP contribution in [0.3, 0.4) is 0 Å². The van der Waals surface area contributed by atoms with Crippen LogP contribution in [0.5, 0.6) is 5.75 Å². The number of para-hydroxylation sites is 1. The number of benzene rings is 1. The molecule has 7 nitrogen and oxygen atoms in total. The van der Waals surface area contributed by atoms with Crippen LogP contribution in [0.25, 0.3) is 0 Å². The molecule has 2 N–H and O–H groups in total. The number of nitrogens with zero attached hydrogens (tertiary/aromatic N) is 2. The van der Waals surface area contributed by atoms with Crippen molar-refractivity contribution in [1.29, 1.82) is 0 Å². The van der Waals surface area contributed by atoms with Gasteiger partial charge in [-0.25, -0.2) is 4.99 Å². The monoisotopic (exact) mass is 376 g/mol. The first-order valence-electron chi connectivity index (χ1n) is 9.52. The molecule has 0 bridgehead atoms. The first-order chi connectivity index (χ1) is 13.0. The van der Waals surface area contributed by atoms with E-state index in [1.807, 2.05) is 38.1 Å². The smallest absolute Gasteiger partial charge is 0.243 e. The third-order valence-electron chi connectivity index (χ3n) is 4.37. The highest BCUT2D eigenvalue weighted by molar-refractivity contribution is 5.84. The van der Waals surface area contributed by atoms with Crippen molar-refractivity contribution in [3.63, 3.8) is 0 Å². The lowest BCUT2D eigenvalue weighted by molar-refractivity contribution is -0.127. The Morgan fingerprint density at radius 3 is 2.81 bits per heavy atom. The number of amides is 1. The largest absolute Gasteiger partial charge is 0.489 e. The summed E-state index contributed by atoms with van der Waals surface area (Å²) in [5, 5.41) is 6.54. The highest BCUT2D eigenvalue weighted by Gasteiger charge is 2.16. The third-order valence-corrected chi connectivity index (χ3v) is 4.37. The zero-order chi connectivity index (χ0) is 19.6. The molecule has 1 aliphatic heterocycles. The fourth-order valence-electron chi connectivity index (χ4n) is 2.67. The molecule has 1 fully saturated rings. The number of carbonyl (C=O) groups is 1. The zero-order valence-corrected chi connectivity index (χ0v) is 16.8. The van der Waals surface area contributed by atoms with E-state index in [2.05, 4.69) is 15.6 Å². The molecule has 7 heteroatoms. The van der Waals surface area contributed by atoms with Crippen LogP contribution < -0.4 is 15.4 Å². The van der Waals surface area contributed by atoms with Gasteiger partial charge in [0, 0.05) is 27.2 Å². The Labute approximate surface area is 162 Å². The predicted octanol–water partition coefficient (Wildman–Crippen LogP) is 1.56. The Kier molecular flexibility index (Phi) is 8.39. The van der Waals surface area contributed by atoms with E-state index in [0.29, 0.717) is 19.0 Å². The molecule has 0 radical (unpaired) electrons. The summed E-state index contributed by atoms with van der Waals surface area (Å²) >= 11 is 0. The van der Waals surface area contributed by atoms with Crippen molar-refractivity contribution in [3.05, 3.63) is 29.8 Å². The SMILES string of the molecule is Cc1ccccc1OC(C)CNC(=NCC(=O)N(C)C)NCC1CCCO1. The lowest BCUT2D eigenvalue weighted by atomic mass is 10.2. The van der Waals surface area contributed by atoms with Crippen molar-refractivity contribution in [1.82, 2.24) is 15.5 Å². The molecule has 2 atom stereocenters. The van der Waals surface area contributed by atoms with Crippen molar-refractivity contribution < 1.29 is 14.3 Å². The van der Waals surface area contributed by atoms with Crippen LogP contribution in [0.4, 0.5) is 0 Å². The fourth-order valence-corrected chi connectivity index (χ4v) is 2.67. The molecule has 0 saturated carbocycles. The quantitative estimate of drug-likeness (QED) is 0.532. The average Bonchev–Trinajstić information content (AvgIpc) is 3.16. The summed E-state index contributed by atoms with van der Waals surface area (Å²) in [4.78, 5) is 17.8. The minimum absolute atomic E-state index is 0.0441. The van der Waals surface area contributed by atoms with E-state index in [-0.39, 0.29) is 24.7 Å². The summed E-state index contributed by atoms with van der Waals surface area (Å²) in [7, 11) is 3.45. The highest BCUT2D eigenvalue weighted by Crippen LogP contribution is 2.17. The number of carbonyl (C=O) groups excluding carboxylic acids is 1. The molecule has 0 spiro atoms. The van der Waals surface area contributed by atoms with Crippen molar-refractivity contribution in [2.75, 3.05) is 40.3 Å². The van der Waals surface area contributed by atoms with Crippen LogP contribution in [-0.4, -0.2) is 69.3 Å². The predicted molar refractivity (Wildman–Crippen MR) is 107 cm³/mol. The molecule has 0 aromatic heterocycles. The minimum atomic E-state index is -0.0506. The number of nitrogens with one attached hydrogen (secondary N) is 2. The Bertz CT molecular complexity index is 627. The molecular weight excluding hydrogens is 344 g/mol. The second kappa shape index (κ2) is 10.8. The van der Waals surface area contributed by atoms with E-state index >= 15 is 0 Å². The fraction of sp³-hybridized carbons (Fsp3) is 0.600. The Morgan fingerprint density at radius 1 is 1.37 bits per heavy atom. The van der Waals surface area contributed by atoms with Crippen molar-refractivity contribution in [3.8, 4) is 5.75 Å². The summed E-state index contributed by atoms with van der Waals surface area (Å²) in [6, 6.07) is 7.95. The molecule has 1 aromatic rings. The second-order valence-electron chi connectivity index (χ2n) is 7.04. The summed E-state index contributed by atoms with van der Waals surface area (Å²) in [6.07, 6.45) is 2.28. The molecule has 2 rings (SSSR count). The van der Waals surface area contributed by atoms with Crippen LogP contribution in [0.2, 0.25) is 0 Å². The number of ether oxygens (including phenoxy) is 2. The lowest BCUT2D eigenvalue weighted by Crippen LogP contribution is -2.45. The molecule has 27 heavy (non-hydrogen) atoms. The summed E-state index contributed by atoms with van der Waals surface area (Å²) in [6.45, 7) is 6.19. The van der Waals surface area contributed by atoms with Gasteiger partial charge in [-0.05, 0) is 38.3 Å². The topological polar surface area (TPSA) is 75.2 Å². The molecular formula is C20H32N4O3. The van der Waals surface area contributed by atoms with E-state index in [9.17, 15) is 4.79 Å². The van der Waals surface area contributed by atoms with Gasteiger partial charge in [0.2, 0.25) is 5.91 Å². The average molecular weight is 377 g/mol. The van der Waals surface area contributed by atoms with Crippen molar-refractivity contribution >= 4 is 11.9 Å². The van der Waals surface area contributed by atoms with Gasteiger partial charge >= 0.3 is 0 Å². The van der Waals surface area contributed by atoms with Gasteiger partial charge in [-0.15, -0.1) is 0 Å². The zero-order valence-electron chi connectivity index (χ0n) is 16.8. The molecule has 150 valence electrons. The summed E-state index contributed by atoms with van der Waals surface area (Å²) in [5.41, 5.74) is 1.10.